The molecular weight excluding hydrogens is 306 g/mol. The largest absolute Gasteiger partial charge is 0.492 e. The quantitative estimate of drug-likeness (QED) is 0.364. The molecule has 0 atom stereocenters. The Morgan fingerprint density at radius 2 is 1.86 bits per heavy atom. The lowest BCUT2D eigenvalue weighted by Gasteiger charge is -2.08. The van der Waals surface area contributed by atoms with Gasteiger partial charge in [-0.05, 0) is 24.3 Å². The van der Waals surface area contributed by atoms with Crippen LogP contribution in [0.4, 0.5) is 5.69 Å². The van der Waals surface area contributed by atoms with Crippen LogP contribution in [-0.4, -0.2) is 28.4 Å². The fraction of sp³-hybridized carbons (Fsp3) is 0.133. The molecule has 0 saturated carbocycles. The van der Waals surface area contributed by atoms with Gasteiger partial charge in [-0.15, -0.1) is 11.8 Å². The van der Waals surface area contributed by atoms with Crippen LogP contribution in [0.15, 0.2) is 53.4 Å². The Morgan fingerprint density at radius 3 is 2.50 bits per heavy atom. The number of carbonyl (C=O) groups is 1. The SMILES string of the molecule is O=C(O)c1ccccc1OCCSc1ccc([N+](=O)[O-])cc1. The van der Waals surface area contributed by atoms with E-state index in [1.165, 1.54) is 30.0 Å². The first kappa shape index (κ1) is 15.8. The Balaban J connectivity index is 1.85. The number of para-hydroxylation sites is 1. The normalized spacial score (nSPS) is 10.2. The Kier molecular flexibility index (Phi) is 5.37. The molecule has 2 rings (SSSR count). The highest BCUT2D eigenvalue weighted by atomic mass is 32.2. The third kappa shape index (κ3) is 4.23. The van der Waals surface area contributed by atoms with Crippen molar-refractivity contribution < 1.29 is 19.6 Å². The second-order valence-corrected chi connectivity index (χ2v) is 5.42. The minimum atomic E-state index is -1.03. The minimum absolute atomic E-state index is 0.0518. The van der Waals surface area contributed by atoms with Gasteiger partial charge in [0.15, 0.2) is 0 Å². The fourth-order valence-electron chi connectivity index (χ4n) is 1.74. The molecule has 6 nitrogen and oxygen atoms in total. The first-order valence-electron chi connectivity index (χ1n) is 6.40. The minimum Gasteiger partial charge on any atom is -0.492 e. The lowest BCUT2D eigenvalue weighted by Crippen LogP contribution is -2.05. The monoisotopic (exact) mass is 319 g/mol. The molecule has 114 valence electrons. The average molecular weight is 319 g/mol. The molecule has 7 heteroatoms. The zero-order chi connectivity index (χ0) is 15.9. The Labute approximate surface area is 130 Å². The molecule has 22 heavy (non-hydrogen) atoms. The van der Waals surface area contributed by atoms with Crippen LogP contribution in [0.3, 0.4) is 0 Å². The van der Waals surface area contributed by atoms with Gasteiger partial charge in [0, 0.05) is 22.8 Å². The Hall–Kier alpha value is -2.54. The van der Waals surface area contributed by atoms with Crippen LogP contribution in [0.1, 0.15) is 10.4 Å². The third-order valence-corrected chi connectivity index (χ3v) is 3.75. The number of carboxylic acids is 1. The number of benzene rings is 2. The van der Waals surface area contributed by atoms with E-state index in [2.05, 4.69) is 0 Å². The van der Waals surface area contributed by atoms with Crippen LogP contribution in [0, 0.1) is 10.1 Å². The van der Waals surface area contributed by atoms with E-state index in [1.54, 1.807) is 30.3 Å². The standard InChI is InChI=1S/C15H13NO5S/c17-15(18)13-3-1-2-4-14(13)21-9-10-22-12-7-5-11(6-8-12)16(19)20/h1-8H,9-10H2,(H,17,18). The summed E-state index contributed by atoms with van der Waals surface area (Å²) in [6.07, 6.45) is 0. The second-order valence-electron chi connectivity index (χ2n) is 4.25. The topological polar surface area (TPSA) is 89.7 Å². The highest BCUT2D eigenvalue weighted by molar-refractivity contribution is 7.99. The number of thioether (sulfide) groups is 1. The van der Waals surface area contributed by atoms with Crippen molar-refractivity contribution in [3.05, 3.63) is 64.2 Å². The number of aromatic carboxylic acids is 1. The molecule has 0 unspecified atom stereocenters. The van der Waals surface area contributed by atoms with E-state index in [0.717, 1.165) is 4.90 Å². The van der Waals surface area contributed by atoms with E-state index >= 15 is 0 Å². The highest BCUT2D eigenvalue weighted by Crippen LogP contribution is 2.22. The average Bonchev–Trinajstić information content (AvgIpc) is 2.52. The van der Waals surface area contributed by atoms with Crippen LogP contribution in [-0.2, 0) is 0 Å². The van der Waals surface area contributed by atoms with Crippen molar-refractivity contribution in [2.45, 2.75) is 4.90 Å². The van der Waals surface area contributed by atoms with E-state index in [9.17, 15) is 14.9 Å². The van der Waals surface area contributed by atoms with Gasteiger partial charge >= 0.3 is 5.97 Å². The summed E-state index contributed by atoms with van der Waals surface area (Å²) in [5, 5.41) is 19.6. The van der Waals surface area contributed by atoms with Crippen molar-refractivity contribution in [3.63, 3.8) is 0 Å². The number of nitro groups is 1. The summed E-state index contributed by atoms with van der Waals surface area (Å²) in [4.78, 5) is 22.0. The van der Waals surface area contributed by atoms with Crippen LogP contribution < -0.4 is 4.74 Å². The van der Waals surface area contributed by atoms with Crippen LogP contribution in [0.25, 0.3) is 0 Å². The number of hydrogen-bond donors (Lipinski definition) is 1. The van der Waals surface area contributed by atoms with Crippen molar-refractivity contribution in [3.8, 4) is 5.75 Å². The number of hydrogen-bond acceptors (Lipinski definition) is 5. The van der Waals surface area contributed by atoms with Gasteiger partial charge in [0.25, 0.3) is 5.69 Å². The zero-order valence-electron chi connectivity index (χ0n) is 11.5. The molecule has 0 heterocycles. The molecule has 0 aliphatic heterocycles. The molecule has 0 aliphatic rings. The van der Waals surface area contributed by atoms with Crippen LogP contribution in [0.5, 0.6) is 5.75 Å². The number of carboxylic acid groups (broad SMARTS) is 1. The van der Waals surface area contributed by atoms with Crippen LogP contribution in [0.2, 0.25) is 0 Å². The number of nitrogens with zero attached hydrogens (tertiary/aromatic N) is 1. The number of ether oxygens (including phenoxy) is 1. The molecule has 0 bridgehead atoms. The van der Waals surface area contributed by atoms with Gasteiger partial charge in [-0.2, -0.15) is 0 Å². The summed E-state index contributed by atoms with van der Waals surface area (Å²) in [5.41, 5.74) is 0.179. The number of non-ortho nitro benzene ring substituents is 1. The maximum Gasteiger partial charge on any atom is 0.339 e. The van der Waals surface area contributed by atoms with Gasteiger partial charge in [0.2, 0.25) is 0 Å². The summed E-state index contributed by atoms with van der Waals surface area (Å²) in [5.74, 6) is -0.0934. The summed E-state index contributed by atoms with van der Waals surface area (Å²) < 4.78 is 5.47. The molecule has 0 aliphatic carbocycles. The zero-order valence-corrected chi connectivity index (χ0v) is 12.3. The lowest BCUT2D eigenvalue weighted by atomic mass is 10.2. The van der Waals surface area contributed by atoms with E-state index in [-0.39, 0.29) is 11.3 Å². The van der Waals surface area contributed by atoms with Crippen molar-refractivity contribution in [2.24, 2.45) is 0 Å². The molecule has 0 spiro atoms. The van der Waals surface area contributed by atoms with Crippen molar-refractivity contribution in [1.82, 2.24) is 0 Å². The molecule has 0 radical (unpaired) electrons. The van der Waals surface area contributed by atoms with Gasteiger partial charge in [-0.25, -0.2) is 4.79 Å². The van der Waals surface area contributed by atoms with Gasteiger partial charge < -0.3 is 9.84 Å². The third-order valence-electron chi connectivity index (χ3n) is 2.77. The van der Waals surface area contributed by atoms with Gasteiger partial charge in [0.05, 0.1) is 11.5 Å². The number of rotatable bonds is 7. The smallest absolute Gasteiger partial charge is 0.339 e. The van der Waals surface area contributed by atoms with Gasteiger partial charge in [-0.3, -0.25) is 10.1 Å². The van der Waals surface area contributed by atoms with Crippen LogP contribution >= 0.6 is 11.8 Å². The predicted molar refractivity (Wildman–Crippen MR) is 82.7 cm³/mol. The maximum atomic E-state index is 11.0. The fourth-order valence-corrected chi connectivity index (χ4v) is 2.48. The lowest BCUT2D eigenvalue weighted by molar-refractivity contribution is -0.384. The van der Waals surface area contributed by atoms with E-state index < -0.39 is 10.9 Å². The van der Waals surface area contributed by atoms with Crippen molar-refractivity contribution in [2.75, 3.05) is 12.4 Å². The summed E-state index contributed by atoms with van der Waals surface area (Å²) >= 11 is 1.48. The summed E-state index contributed by atoms with van der Waals surface area (Å²) in [6.45, 7) is 0.339. The van der Waals surface area contributed by atoms with Crippen molar-refractivity contribution in [1.29, 1.82) is 0 Å². The first-order chi connectivity index (χ1) is 10.6. The van der Waals surface area contributed by atoms with Gasteiger partial charge in [0.1, 0.15) is 11.3 Å². The molecule has 1 N–H and O–H groups in total. The second kappa shape index (κ2) is 7.46. The maximum absolute atomic E-state index is 11.0. The molecular formula is C15H13NO5S. The number of nitro benzene ring substituents is 1. The van der Waals surface area contributed by atoms with Crippen molar-refractivity contribution >= 4 is 23.4 Å². The molecule has 0 fully saturated rings. The Bertz CT molecular complexity index is 672. The van der Waals surface area contributed by atoms with E-state index in [0.29, 0.717) is 18.1 Å². The molecule has 2 aromatic carbocycles. The molecule has 0 saturated heterocycles. The first-order valence-corrected chi connectivity index (χ1v) is 7.39. The van der Waals surface area contributed by atoms with E-state index in [1.807, 2.05) is 0 Å². The predicted octanol–water partition coefficient (Wildman–Crippen LogP) is 3.46. The van der Waals surface area contributed by atoms with Gasteiger partial charge in [-0.1, -0.05) is 12.1 Å². The molecule has 0 aromatic heterocycles. The Morgan fingerprint density at radius 1 is 1.18 bits per heavy atom. The molecule has 2 aromatic rings. The summed E-state index contributed by atoms with van der Waals surface area (Å²) in [7, 11) is 0. The molecule has 0 amide bonds. The highest BCUT2D eigenvalue weighted by Gasteiger charge is 2.10. The van der Waals surface area contributed by atoms with E-state index in [4.69, 9.17) is 9.84 Å². The summed E-state index contributed by atoms with van der Waals surface area (Å²) in [6, 6.07) is 12.7.